The summed E-state index contributed by atoms with van der Waals surface area (Å²) in [4.78, 5) is 11.2. The first-order chi connectivity index (χ1) is 5.56. The summed E-state index contributed by atoms with van der Waals surface area (Å²) >= 11 is 0. The van der Waals surface area contributed by atoms with Gasteiger partial charge in [-0.15, -0.1) is 0 Å². The average Bonchev–Trinajstić information content (AvgIpc) is 2.26. The van der Waals surface area contributed by atoms with Gasteiger partial charge in [0.2, 0.25) is 0 Å². The number of ketones is 1. The molecule has 2 nitrogen and oxygen atoms in total. The third-order valence-corrected chi connectivity index (χ3v) is 3.89. The molecule has 2 saturated carbocycles. The lowest BCUT2D eigenvalue weighted by Crippen LogP contribution is -2.47. The second-order valence-electron chi connectivity index (χ2n) is 4.66. The van der Waals surface area contributed by atoms with Crippen LogP contribution in [0.25, 0.3) is 0 Å². The third kappa shape index (κ3) is 0.939. The van der Waals surface area contributed by atoms with Gasteiger partial charge in [0.05, 0.1) is 5.60 Å². The van der Waals surface area contributed by atoms with Crippen LogP contribution in [0, 0.1) is 5.41 Å². The van der Waals surface area contributed by atoms with Crippen molar-refractivity contribution in [3.8, 4) is 0 Å². The summed E-state index contributed by atoms with van der Waals surface area (Å²) in [6, 6.07) is 0. The first-order valence-corrected chi connectivity index (χ1v) is 4.80. The van der Waals surface area contributed by atoms with E-state index in [1.54, 1.807) is 0 Å². The molecule has 0 aromatic carbocycles. The molecule has 0 amide bonds. The minimum absolute atomic E-state index is 0.0426. The number of carbonyl (C=O) groups excluding carboxylic acids is 1. The van der Waals surface area contributed by atoms with Crippen molar-refractivity contribution in [1.82, 2.24) is 0 Å². The van der Waals surface area contributed by atoms with Crippen molar-refractivity contribution in [2.24, 2.45) is 5.41 Å². The second kappa shape index (κ2) is 2.32. The zero-order valence-corrected chi connectivity index (χ0v) is 7.60. The lowest BCUT2D eigenvalue weighted by atomic mass is 9.66. The van der Waals surface area contributed by atoms with Crippen LogP contribution in [-0.4, -0.2) is 16.5 Å². The Kier molecular flexibility index (Phi) is 1.59. The highest BCUT2D eigenvalue weighted by atomic mass is 16.3. The van der Waals surface area contributed by atoms with Crippen LogP contribution in [0.1, 0.15) is 45.4 Å². The van der Waals surface area contributed by atoms with E-state index in [0.29, 0.717) is 12.8 Å². The molecule has 0 unspecified atom stereocenters. The van der Waals surface area contributed by atoms with Crippen molar-refractivity contribution in [3.05, 3.63) is 0 Å². The Labute approximate surface area is 73.0 Å². The van der Waals surface area contributed by atoms with E-state index in [4.69, 9.17) is 0 Å². The maximum Gasteiger partial charge on any atom is 0.135 e. The van der Waals surface area contributed by atoms with Crippen LogP contribution in [-0.2, 0) is 4.79 Å². The zero-order chi connectivity index (χ0) is 8.82. The largest absolute Gasteiger partial charge is 0.389 e. The van der Waals surface area contributed by atoms with Gasteiger partial charge in [0, 0.05) is 12.8 Å². The Morgan fingerprint density at radius 2 is 2.08 bits per heavy atom. The number of carbonyl (C=O) groups is 1. The van der Waals surface area contributed by atoms with E-state index >= 15 is 0 Å². The van der Waals surface area contributed by atoms with E-state index < -0.39 is 5.60 Å². The monoisotopic (exact) mass is 168 g/mol. The molecule has 0 bridgehead atoms. The lowest BCUT2D eigenvalue weighted by molar-refractivity contribution is -0.139. The summed E-state index contributed by atoms with van der Waals surface area (Å²) in [5.41, 5.74) is -0.608. The van der Waals surface area contributed by atoms with Crippen LogP contribution >= 0.6 is 0 Å². The molecule has 12 heavy (non-hydrogen) atoms. The van der Waals surface area contributed by atoms with Gasteiger partial charge in [0.15, 0.2) is 0 Å². The summed E-state index contributed by atoms with van der Waals surface area (Å²) in [5.74, 6) is 0.247. The summed E-state index contributed by atoms with van der Waals surface area (Å²) < 4.78 is 0. The van der Waals surface area contributed by atoms with E-state index in [2.05, 4.69) is 6.92 Å². The highest BCUT2D eigenvalue weighted by Gasteiger charge is 2.53. The number of hydrogen-bond donors (Lipinski definition) is 1. The lowest BCUT2D eigenvalue weighted by Gasteiger charge is -2.42. The first-order valence-electron chi connectivity index (χ1n) is 4.80. The van der Waals surface area contributed by atoms with Crippen molar-refractivity contribution < 1.29 is 9.90 Å². The molecule has 2 heteroatoms. The highest BCUT2D eigenvalue weighted by Crippen LogP contribution is 2.53. The summed E-state index contributed by atoms with van der Waals surface area (Å²) in [5, 5.41) is 10.2. The van der Waals surface area contributed by atoms with Crippen LogP contribution < -0.4 is 0 Å². The van der Waals surface area contributed by atoms with Crippen LogP contribution in [0.4, 0.5) is 0 Å². The summed E-state index contributed by atoms with van der Waals surface area (Å²) in [7, 11) is 0. The fraction of sp³-hybridized carbons (Fsp3) is 0.900. The molecule has 0 aliphatic heterocycles. The molecule has 2 rings (SSSR count). The van der Waals surface area contributed by atoms with Crippen LogP contribution in [0.15, 0.2) is 0 Å². The van der Waals surface area contributed by atoms with Gasteiger partial charge < -0.3 is 5.11 Å². The Hall–Kier alpha value is -0.370. The molecule has 0 spiro atoms. The van der Waals surface area contributed by atoms with Crippen molar-refractivity contribution >= 4 is 5.78 Å². The first kappa shape index (κ1) is 8.24. The van der Waals surface area contributed by atoms with Gasteiger partial charge in [0.25, 0.3) is 0 Å². The second-order valence-corrected chi connectivity index (χ2v) is 4.66. The molecule has 2 atom stereocenters. The van der Waals surface area contributed by atoms with Crippen molar-refractivity contribution in [1.29, 1.82) is 0 Å². The van der Waals surface area contributed by atoms with Crippen molar-refractivity contribution in [3.63, 3.8) is 0 Å². The quantitative estimate of drug-likeness (QED) is 0.597. The average molecular weight is 168 g/mol. The van der Waals surface area contributed by atoms with Crippen LogP contribution in [0.5, 0.6) is 0 Å². The Morgan fingerprint density at radius 3 is 2.83 bits per heavy atom. The summed E-state index contributed by atoms with van der Waals surface area (Å²) in [6.45, 7) is 2.13. The van der Waals surface area contributed by atoms with Crippen LogP contribution in [0.2, 0.25) is 0 Å². The van der Waals surface area contributed by atoms with Crippen molar-refractivity contribution in [2.75, 3.05) is 0 Å². The number of rotatable bonds is 0. The van der Waals surface area contributed by atoms with E-state index in [1.165, 1.54) is 0 Å². The molecule has 0 aromatic rings. The minimum Gasteiger partial charge on any atom is -0.389 e. The maximum absolute atomic E-state index is 11.2. The maximum atomic E-state index is 11.2. The van der Waals surface area contributed by atoms with Gasteiger partial charge >= 0.3 is 0 Å². The smallest absolute Gasteiger partial charge is 0.135 e. The fourth-order valence-electron chi connectivity index (χ4n) is 2.79. The zero-order valence-electron chi connectivity index (χ0n) is 7.60. The molecule has 2 fully saturated rings. The minimum atomic E-state index is -0.650. The van der Waals surface area contributed by atoms with E-state index in [9.17, 15) is 9.90 Å². The number of fused-ring (bicyclic) bond motifs is 1. The molecule has 68 valence electrons. The molecule has 1 N–H and O–H groups in total. The Bertz CT molecular complexity index is 224. The molecule has 0 radical (unpaired) electrons. The standard InChI is InChI=1S/C10H16O2/c1-9-4-2-5-10(9,12)7-8(11)3-6-9/h12H,2-7H2,1H3/t9-,10-/m0/s1. The molecular weight excluding hydrogens is 152 g/mol. The van der Waals surface area contributed by atoms with Gasteiger partial charge in [-0.2, -0.15) is 0 Å². The fourth-order valence-corrected chi connectivity index (χ4v) is 2.79. The van der Waals surface area contributed by atoms with Crippen LogP contribution in [0.3, 0.4) is 0 Å². The normalized spacial score (nSPS) is 47.7. The molecule has 2 aliphatic rings. The highest BCUT2D eigenvalue weighted by molar-refractivity contribution is 5.80. The van der Waals surface area contributed by atoms with E-state index in [-0.39, 0.29) is 11.2 Å². The Morgan fingerprint density at radius 1 is 1.33 bits per heavy atom. The SMILES string of the molecule is C[C@@]12CCC[C@]1(O)CC(=O)CC2. The summed E-state index contributed by atoms with van der Waals surface area (Å²) in [6.07, 6.45) is 4.98. The van der Waals surface area contributed by atoms with Crippen molar-refractivity contribution in [2.45, 2.75) is 51.0 Å². The van der Waals surface area contributed by atoms with Gasteiger partial charge in [-0.05, 0) is 31.1 Å². The molecule has 0 heterocycles. The predicted octanol–water partition coefficient (Wildman–Crippen LogP) is 1.66. The van der Waals surface area contributed by atoms with Gasteiger partial charge in [-0.1, -0.05) is 6.92 Å². The molecule has 2 aliphatic carbocycles. The molecule has 0 saturated heterocycles. The molecular formula is C10H16O2. The van der Waals surface area contributed by atoms with Gasteiger partial charge in [-0.3, -0.25) is 4.79 Å². The van der Waals surface area contributed by atoms with Gasteiger partial charge in [0.1, 0.15) is 5.78 Å². The Balaban J connectivity index is 2.28. The van der Waals surface area contributed by atoms with Gasteiger partial charge in [-0.25, -0.2) is 0 Å². The predicted molar refractivity (Wildman–Crippen MR) is 45.8 cm³/mol. The number of aliphatic hydroxyl groups is 1. The van der Waals surface area contributed by atoms with E-state index in [0.717, 1.165) is 25.7 Å². The van der Waals surface area contributed by atoms with E-state index in [1.807, 2.05) is 0 Å². The third-order valence-electron chi connectivity index (χ3n) is 3.89. The number of Topliss-reactive ketones (excluding diaryl/α,β-unsaturated/α-hetero) is 1. The number of hydrogen-bond acceptors (Lipinski definition) is 2. The topological polar surface area (TPSA) is 37.3 Å². The molecule has 0 aromatic heterocycles.